The van der Waals surface area contributed by atoms with Gasteiger partial charge in [-0.2, -0.15) is 0 Å². The molecule has 0 radical (unpaired) electrons. The first-order chi connectivity index (χ1) is 6.73. The van der Waals surface area contributed by atoms with E-state index in [-0.39, 0.29) is 11.7 Å². The topological polar surface area (TPSA) is 37.3 Å². The molecular formula is C12H20O2. The normalized spacial score (nSPS) is 35.9. The predicted octanol–water partition coefficient (Wildman–Crippen LogP) is 2.44. The molecule has 14 heavy (non-hydrogen) atoms. The number of carbonyl (C=O) groups is 1. The average Bonchev–Trinajstić information content (AvgIpc) is 2.24. The van der Waals surface area contributed by atoms with E-state index in [2.05, 4.69) is 0 Å². The Hall–Kier alpha value is -0.370. The SMILES string of the molecule is O=C1CCCCC1(O)C1CCCCC1. The van der Waals surface area contributed by atoms with E-state index in [1.807, 2.05) is 0 Å². The minimum absolute atomic E-state index is 0.121. The van der Waals surface area contributed by atoms with Crippen molar-refractivity contribution in [3.8, 4) is 0 Å². The molecule has 0 aromatic rings. The van der Waals surface area contributed by atoms with Crippen LogP contribution in [0.1, 0.15) is 57.8 Å². The van der Waals surface area contributed by atoms with Crippen molar-refractivity contribution in [1.82, 2.24) is 0 Å². The van der Waals surface area contributed by atoms with Gasteiger partial charge < -0.3 is 5.11 Å². The molecule has 1 unspecified atom stereocenters. The number of aliphatic hydroxyl groups is 1. The molecule has 0 aromatic heterocycles. The number of rotatable bonds is 1. The van der Waals surface area contributed by atoms with Crippen molar-refractivity contribution in [1.29, 1.82) is 0 Å². The molecule has 0 bridgehead atoms. The Morgan fingerprint density at radius 2 is 1.79 bits per heavy atom. The highest BCUT2D eigenvalue weighted by Crippen LogP contribution is 2.39. The van der Waals surface area contributed by atoms with Crippen LogP contribution in [0, 0.1) is 5.92 Å². The van der Waals surface area contributed by atoms with Crippen LogP contribution in [0.5, 0.6) is 0 Å². The summed E-state index contributed by atoms with van der Waals surface area (Å²) in [6.45, 7) is 0. The first-order valence-corrected chi connectivity index (χ1v) is 5.99. The summed E-state index contributed by atoms with van der Waals surface area (Å²) in [6.07, 6.45) is 9.11. The van der Waals surface area contributed by atoms with Crippen LogP contribution in [0.2, 0.25) is 0 Å². The second-order valence-electron chi connectivity index (χ2n) is 4.89. The van der Waals surface area contributed by atoms with E-state index in [0.29, 0.717) is 6.42 Å². The molecule has 0 spiro atoms. The average molecular weight is 196 g/mol. The molecule has 0 heterocycles. The zero-order chi connectivity index (χ0) is 10.0. The Morgan fingerprint density at radius 3 is 2.43 bits per heavy atom. The van der Waals surface area contributed by atoms with Gasteiger partial charge in [0.15, 0.2) is 5.78 Å². The molecule has 0 amide bonds. The Balaban J connectivity index is 2.07. The summed E-state index contributed by atoms with van der Waals surface area (Å²) >= 11 is 0. The number of carbonyl (C=O) groups excluding carboxylic acids is 1. The lowest BCUT2D eigenvalue weighted by molar-refractivity contribution is -0.149. The van der Waals surface area contributed by atoms with Gasteiger partial charge in [-0.15, -0.1) is 0 Å². The largest absolute Gasteiger partial charge is 0.382 e. The summed E-state index contributed by atoms with van der Waals surface area (Å²) in [7, 11) is 0. The summed E-state index contributed by atoms with van der Waals surface area (Å²) in [6, 6.07) is 0. The lowest BCUT2D eigenvalue weighted by Crippen LogP contribution is -2.48. The fourth-order valence-electron chi connectivity index (χ4n) is 3.05. The van der Waals surface area contributed by atoms with Gasteiger partial charge in [0, 0.05) is 6.42 Å². The molecular weight excluding hydrogens is 176 g/mol. The van der Waals surface area contributed by atoms with Crippen molar-refractivity contribution in [3.05, 3.63) is 0 Å². The molecule has 2 rings (SSSR count). The molecule has 0 aliphatic heterocycles. The zero-order valence-corrected chi connectivity index (χ0v) is 8.80. The van der Waals surface area contributed by atoms with Crippen LogP contribution in [-0.4, -0.2) is 16.5 Å². The van der Waals surface area contributed by atoms with E-state index < -0.39 is 5.60 Å². The van der Waals surface area contributed by atoms with E-state index in [1.165, 1.54) is 19.3 Å². The molecule has 2 fully saturated rings. The van der Waals surface area contributed by atoms with Gasteiger partial charge in [-0.05, 0) is 38.0 Å². The highest BCUT2D eigenvalue weighted by Gasteiger charge is 2.44. The third kappa shape index (κ3) is 1.72. The molecule has 2 heteroatoms. The Morgan fingerprint density at radius 1 is 1.07 bits per heavy atom. The molecule has 80 valence electrons. The number of hydrogen-bond acceptors (Lipinski definition) is 2. The van der Waals surface area contributed by atoms with Crippen LogP contribution in [0.3, 0.4) is 0 Å². The van der Waals surface area contributed by atoms with Crippen LogP contribution in [-0.2, 0) is 4.79 Å². The molecule has 2 aliphatic rings. The van der Waals surface area contributed by atoms with Gasteiger partial charge in [-0.3, -0.25) is 4.79 Å². The quantitative estimate of drug-likeness (QED) is 0.699. The number of ketones is 1. The third-order valence-electron chi connectivity index (χ3n) is 3.98. The second-order valence-corrected chi connectivity index (χ2v) is 4.89. The highest BCUT2D eigenvalue weighted by atomic mass is 16.3. The Bertz CT molecular complexity index is 218. The minimum atomic E-state index is -0.932. The smallest absolute Gasteiger partial charge is 0.164 e. The van der Waals surface area contributed by atoms with Crippen LogP contribution in [0.4, 0.5) is 0 Å². The van der Waals surface area contributed by atoms with E-state index in [0.717, 1.165) is 32.1 Å². The van der Waals surface area contributed by atoms with Gasteiger partial charge >= 0.3 is 0 Å². The monoisotopic (exact) mass is 196 g/mol. The summed E-state index contributed by atoms with van der Waals surface area (Å²) in [5.74, 6) is 0.389. The summed E-state index contributed by atoms with van der Waals surface area (Å²) < 4.78 is 0. The first-order valence-electron chi connectivity index (χ1n) is 5.99. The van der Waals surface area contributed by atoms with Crippen LogP contribution in [0.25, 0.3) is 0 Å². The van der Waals surface area contributed by atoms with Crippen LogP contribution >= 0.6 is 0 Å². The summed E-state index contributed by atoms with van der Waals surface area (Å²) in [5, 5.41) is 10.4. The van der Waals surface area contributed by atoms with Crippen molar-refractivity contribution in [2.24, 2.45) is 5.92 Å². The molecule has 0 aromatic carbocycles. The second kappa shape index (κ2) is 4.01. The molecule has 1 N–H and O–H groups in total. The number of hydrogen-bond donors (Lipinski definition) is 1. The maximum atomic E-state index is 11.8. The summed E-state index contributed by atoms with van der Waals surface area (Å²) in [4.78, 5) is 11.8. The van der Waals surface area contributed by atoms with Gasteiger partial charge in [0.2, 0.25) is 0 Å². The standard InChI is InChI=1S/C12H20O2/c13-11-8-4-5-9-12(11,14)10-6-2-1-3-7-10/h10,14H,1-9H2. The fraction of sp³-hybridized carbons (Fsp3) is 0.917. The third-order valence-corrected chi connectivity index (χ3v) is 3.98. The van der Waals surface area contributed by atoms with Gasteiger partial charge in [0.05, 0.1) is 0 Å². The fourth-order valence-corrected chi connectivity index (χ4v) is 3.05. The van der Waals surface area contributed by atoms with Crippen LogP contribution in [0.15, 0.2) is 0 Å². The molecule has 2 saturated carbocycles. The predicted molar refractivity (Wildman–Crippen MR) is 55.0 cm³/mol. The van der Waals surface area contributed by atoms with E-state index in [9.17, 15) is 9.90 Å². The Kier molecular flexibility index (Phi) is 2.91. The first kappa shape index (κ1) is 10.2. The van der Waals surface area contributed by atoms with E-state index in [4.69, 9.17) is 0 Å². The van der Waals surface area contributed by atoms with Crippen molar-refractivity contribution in [2.75, 3.05) is 0 Å². The minimum Gasteiger partial charge on any atom is -0.382 e. The molecule has 2 nitrogen and oxygen atoms in total. The van der Waals surface area contributed by atoms with Gasteiger partial charge in [0.25, 0.3) is 0 Å². The van der Waals surface area contributed by atoms with E-state index in [1.54, 1.807) is 0 Å². The zero-order valence-electron chi connectivity index (χ0n) is 8.80. The van der Waals surface area contributed by atoms with Gasteiger partial charge in [-0.25, -0.2) is 0 Å². The lowest BCUT2D eigenvalue weighted by atomic mass is 9.69. The van der Waals surface area contributed by atoms with Gasteiger partial charge in [0.1, 0.15) is 5.60 Å². The van der Waals surface area contributed by atoms with Crippen LogP contribution < -0.4 is 0 Å². The van der Waals surface area contributed by atoms with Crippen molar-refractivity contribution in [2.45, 2.75) is 63.4 Å². The number of Topliss-reactive ketones (excluding diaryl/α,β-unsaturated/α-hetero) is 1. The van der Waals surface area contributed by atoms with E-state index >= 15 is 0 Å². The summed E-state index contributed by atoms with van der Waals surface area (Å²) in [5.41, 5.74) is -0.932. The molecule has 2 aliphatic carbocycles. The molecule has 1 atom stereocenters. The Labute approximate surface area is 85.7 Å². The maximum absolute atomic E-state index is 11.8. The van der Waals surface area contributed by atoms with Gasteiger partial charge in [-0.1, -0.05) is 19.3 Å². The van der Waals surface area contributed by atoms with Crippen molar-refractivity contribution in [3.63, 3.8) is 0 Å². The lowest BCUT2D eigenvalue weighted by Gasteiger charge is -2.39. The highest BCUT2D eigenvalue weighted by molar-refractivity contribution is 5.88. The maximum Gasteiger partial charge on any atom is 0.164 e. The van der Waals surface area contributed by atoms with Crippen molar-refractivity contribution < 1.29 is 9.90 Å². The molecule has 0 saturated heterocycles. The van der Waals surface area contributed by atoms with Crippen molar-refractivity contribution >= 4 is 5.78 Å².